The summed E-state index contributed by atoms with van der Waals surface area (Å²) in [6.45, 7) is 1.40. The second-order valence-electron chi connectivity index (χ2n) is 8.69. The predicted octanol–water partition coefficient (Wildman–Crippen LogP) is 4.13. The minimum Gasteiger partial charge on any atom is -0.452 e. The second-order valence-corrected chi connectivity index (χ2v) is 8.69. The van der Waals surface area contributed by atoms with Crippen molar-refractivity contribution >= 4 is 17.9 Å². The Morgan fingerprint density at radius 1 is 0.667 bits per heavy atom. The Morgan fingerprint density at radius 2 is 1.13 bits per heavy atom. The molecule has 0 saturated carbocycles. The average Bonchev–Trinajstić information content (AvgIpc) is 3.41. The number of carbonyl (C=O) groups is 3. The van der Waals surface area contributed by atoms with Gasteiger partial charge in [0.25, 0.3) is 0 Å². The lowest BCUT2D eigenvalue weighted by molar-refractivity contribution is -0.197. The number of esters is 3. The Labute approximate surface area is 223 Å². The fraction of sp³-hybridized carbons (Fsp3) is 0.207. The van der Waals surface area contributed by atoms with E-state index in [0.717, 1.165) is 0 Å². The molecule has 4 aromatic rings. The topological polar surface area (TPSA) is 127 Å². The number of aryl methyl sites for hydroxylation is 1. The Hall–Kier alpha value is -4.83. The van der Waals surface area contributed by atoms with Crippen LogP contribution in [-0.2, 0) is 18.9 Å². The van der Waals surface area contributed by atoms with Crippen LogP contribution in [0, 0.1) is 6.92 Å². The molecule has 5 rings (SSSR count). The van der Waals surface area contributed by atoms with Crippen LogP contribution in [0.1, 0.15) is 49.0 Å². The third kappa shape index (κ3) is 6.02. The maximum absolute atomic E-state index is 13.2. The highest BCUT2D eigenvalue weighted by Crippen LogP contribution is 2.34. The second kappa shape index (κ2) is 11.7. The van der Waals surface area contributed by atoms with Gasteiger partial charge in [-0.3, -0.25) is 0 Å². The van der Waals surface area contributed by atoms with Crippen LogP contribution in [-0.4, -0.2) is 53.0 Å². The van der Waals surface area contributed by atoms with E-state index in [1.807, 2.05) is 0 Å². The van der Waals surface area contributed by atoms with Crippen LogP contribution in [0.5, 0.6) is 0 Å². The summed E-state index contributed by atoms with van der Waals surface area (Å²) in [5.41, 5.74) is 0.808. The van der Waals surface area contributed by atoms with Gasteiger partial charge in [0.15, 0.2) is 24.4 Å². The van der Waals surface area contributed by atoms with E-state index in [-0.39, 0.29) is 35.1 Å². The Bertz CT molecular complexity index is 1430. The van der Waals surface area contributed by atoms with Crippen LogP contribution in [0.2, 0.25) is 0 Å². The van der Waals surface area contributed by atoms with Gasteiger partial charge in [-0.1, -0.05) is 54.6 Å². The normalized spacial score (nSPS) is 20.5. The lowest BCUT2D eigenvalue weighted by Crippen LogP contribution is -2.54. The molecule has 0 amide bonds. The van der Waals surface area contributed by atoms with E-state index in [9.17, 15) is 14.4 Å². The third-order valence-corrected chi connectivity index (χ3v) is 5.99. The van der Waals surface area contributed by atoms with Crippen molar-refractivity contribution in [2.24, 2.45) is 0 Å². The van der Waals surface area contributed by atoms with Gasteiger partial charge in [-0.15, -0.1) is 10.2 Å². The van der Waals surface area contributed by atoms with E-state index in [1.165, 1.54) is 0 Å². The number of benzene rings is 3. The highest BCUT2D eigenvalue weighted by atomic mass is 16.6. The molecule has 1 fully saturated rings. The van der Waals surface area contributed by atoms with Gasteiger partial charge in [0.2, 0.25) is 11.8 Å². The zero-order chi connectivity index (χ0) is 27.2. The highest BCUT2D eigenvalue weighted by molar-refractivity contribution is 5.91. The molecule has 1 aliphatic rings. The van der Waals surface area contributed by atoms with Gasteiger partial charge < -0.3 is 23.4 Å². The van der Waals surface area contributed by atoms with Crippen molar-refractivity contribution in [2.45, 2.75) is 31.3 Å². The maximum Gasteiger partial charge on any atom is 0.338 e. The summed E-state index contributed by atoms with van der Waals surface area (Å²) in [5.74, 6) is -1.79. The summed E-state index contributed by atoms with van der Waals surface area (Å²) in [6, 6.07) is 24.9. The van der Waals surface area contributed by atoms with E-state index in [1.54, 1.807) is 97.9 Å². The number of aromatic nitrogens is 2. The molecule has 4 atom stereocenters. The van der Waals surface area contributed by atoms with Gasteiger partial charge in [-0.05, 0) is 36.4 Å². The molecule has 2 heterocycles. The van der Waals surface area contributed by atoms with Crippen molar-refractivity contribution < 1.29 is 37.7 Å². The Balaban J connectivity index is 1.50. The molecule has 1 aromatic heterocycles. The summed E-state index contributed by atoms with van der Waals surface area (Å²) >= 11 is 0. The minimum atomic E-state index is -1.30. The van der Waals surface area contributed by atoms with Gasteiger partial charge >= 0.3 is 17.9 Å². The largest absolute Gasteiger partial charge is 0.452 e. The molecule has 39 heavy (non-hydrogen) atoms. The monoisotopic (exact) mass is 528 g/mol. The van der Waals surface area contributed by atoms with Gasteiger partial charge in [0, 0.05) is 6.92 Å². The first-order valence-corrected chi connectivity index (χ1v) is 12.2. The first-order chi connectivity index (χ1) is 19.0. The quantitative estimate of drug-likeness (QED) is 0.255. The molecular weight excluding hydrogens is 504 g/mol. The van der Waals surface area contributed by atoms with Crippen LogP contribution in [0.15, 0.2) is 95.4 Å². The van der Waals surface area contributed by atoms with Gasteiger partial charge in [-0.25, -0.2) is 14.4 Å². The number of nitrogens with zero attached hydrogens (tertiary/aromatic N) is 2. The summed E-state index contributed by atoms with van der Waals surface area (Å²) < 4.78 is 29.0. The van der Waals surface area contributed by atoms with E-state index in [4.69, 9.17) is 23.4 Å². The first-order valence-electron chi connectivity index (χ1n) is 12.2. The van der Waals surface area contributed by atoms with Crippen molar-refractivity contribution in [2.75, 3.05) is 6.61 Å². The lowest BCUT2D eigenvalue weighted by Gasteiger charge is -2.39. The van der Waals surface area contributed by atoms with Gasteiger partial charge in [-0.2, -0.15) is 0 Å². The SMILES string of the molecule is Cc1nnc([C@@H]2OC[C@H](OC(=O)c3ccccc3)[C@H](OC(=O)c3ccccc3)[C@@H]2OC(=O)c2ccccc2)o1. The van der Waals surface area contributed by atoms with E-state index in [2.05, 4.69) is 10.2 Å². The first kappa shape index (κ1) is 25.8. The molecule has 0 bridgehead atoms. The van der Waals surface area contributed by atoms with Crippen LogP contribution in [0.4, 0.5) is 0 Å². The molecule has 0 aliphatic carbocycles. The Morgan fingerprint density at radius 3 is 1.59 bits per heavy atom. The van der Waals surface area contributed by atoms with E-state index in [0.29, 0.717) is 0 Å². The van der Waals surface area contributed by atoms with Crippen molar-refractivity contribution in [3.8, 4) is 0 Å². The third-order valence-electron chi connectivity index (χ3n) is 5.99. The summed E-state index contributed by atoms with van der Waals surface area (Å²) in [7, 11) is 0. The highest BCUT2D eigenvalue weighted by Gasteiger charge is 2.50. The predicted molar refractivity (Wildman–Crippen MR) is 135 cm³/mol. The maximum atomic E-state index is 13.2. The molecule has 1 aliphatic heterocycles. The van der Waals surface area contributed by atoms with Gasteiger partial charge in [0.05, 0.1) is 23.3 Å². The molecule has 1 saturated heterocycles. The standard InChI is InChI=1S/C29H24N2O8/c1-18-30-31-26(36-18)25-24(39-29(34)21-15-9-4-10-16-21)23(38-28(33)20-13-7-3-8-14-20)22(17-35-25)37-27(32)19-11-5-2-6-12-19/h2-16,22-25H,17H2,1H3/t22-,23-,24-,25+/m0/s1. The van der Waals surface area contributed by atoms with Crippen LogP contribution < -0.4 is 0 Å². The van der Waals surface area contributed by atoms with Gasteiger partial charge in [0.1, 0.15) is 0 Å². The molecular formula is C29H24N2O8. The summed E-state index contributed by atoms with van der Waals surface area (Å²) in [5, 5.41) is 7.87. The molecule has 0 N–H and O–H groups in total. The lowest BCUT2D eigenvalue weighted by atomic mass is 9.98. The van der Waals surface area contributed by atoms with Crippen molar-refractivity contribution in [1.82, 2.24) is 10.2 Å². The number of ether oxygens (including phenoxy) is 4. The minimum absolute atomic E-state index is 0.0203. The van der Waals surface area contributed by atoms with Crippen molar-refractivity contribution in [1.29, 1.82) is 0 Å². The smallest absolute Gasteiger partial charge is 0.338 e. The Kier molecular flexibility index (Phi) is 7.74. The zero-order valence-electron chi connectivity index (χ0n) is 20.8. The van der Waals surface area contributed by atoms with Crippen LogP contribution >= 0.6 is 0 Å². The van der Waals surface area contributed by atoms with Crippen molar-refractivity contribution in [3.05, 3.63) is 119 Å². The number of rotatable bonds is 7. The molecule has 0 spiro atoms. The molecule has 0 unspecified atom stereocenters. The molecule has 0 radical (unpaired) electrons. The summed E-state index contributed by atoms with van der Waals surface area (Å²) in [4.78, 5) is 39.3. The average molecular weight is 529 g/mol. The number of hydrogen-bond acceptors (Lipinski definition) is 10. The summed E-state index contributed by atoms with van der Waals surface area (Å²) in [6.07, 6.45) is -4.80. The van der Waals surface area contributed by atoms with Crippen LogP contribution in [0.25, 0.3) is 0 Å². The zero-order valence-corrected chi connectivity index (χ0v) is 20.8. The number of hydrogen-bond donors (Lipinski definition) is 0. The molecule has 10 nitrogen and oxygen atoms in total. The van der Waals surface area contributed by atoms with E-state index < -0.39 is 42.3 Å². The number of carbonyl (C=O) groups excluding carboxylic acids is 3. The van der Waals surface area contributed by atoms with Crippen molar-refractivity contribution in [3.63, 3.8) is 0 Å². The fourth-order valence-corrected chi connectivity index (χ4v) is 4.10. The molecule has 3 aromatic carbocycles. The van der Waals surface area contributed by atoms with E-state index >= 15 is 0 Å². The molecule has 198 valence electrons. The van der Waals surface area contributed by atoms with Crippen LogP contribution in [0.3, 0.4) is 0 Å². The molecule has 10 heteroatoms. The fourth-order valence-electron chi connectivity index (χ4n) is 4.10.